The van der Waals surface area contributed by atoms with Crippen molar-refractivity contribution in [1.29, 1.82) is 0 Å². The first-order valence-electron chi connectivity index (χ1n) is 8.92. The van der Waals surface area contributed by atoms with Crippen molar-refractivity contribution < 1.29 is 9.53 Å². The van der Waals surface area contributed by atoms with Crippen LogP contribution in [0.1, 0.15) is 60.3 Å². The molecule has 0 radical (unpaired) electrons. The van der Waals surface area contributed by atoms with E-state index < -0.39 is 5.54 Å². The molecule has 4 nitrogen and oxygen atoms in total. The molecule has 1 amide bonds. The summed E-state index contributed by atoms with van der Waals surface area (Å²) in [6.45, 7) is 13.1. The number of amides is 1. The highest BCUT2D eigenvalue weighted by Gasteiger charge is 2.63. The standard InChI is InChI=1S/C18H34N2O2.ClH/c1-6-22-15-11-18(19,17(15,4)5)16(21)20-9-7-8-14(12-20)10-13(2)3;/h13-15H,6-12,19H2,1-5H3;1H. The van der Waals surface area contributed by atoms with Crippen molar-refractivity contribution in [3.8, 4) is 0 Å². The zero-order valence-corrected chi connectivity index (χ0v) is 16.2. The predicted octanol–water partition coefficient (Wildman–Crippen LogP) is 3.23. The lowest BCUT2D eigenvalue weighted by Gasteiger charge is -2.59. The molecule has 0 bridgehead atoms. The van der Waals surface area contributed by atoms with E-state index in [4.69, 9.17) is 10.5 Å². The summed E-state index contributed by atoms with van der Waals surface area (Å²) in [6.07, 6.45) is 4.30. The fourth-order valence-corrected chi connectivity index (χ4v) is 4.19. The van der Waals surface area contributed by atoms with E-state index in [0.29, 0.717) is 24.9 Å². The van der Waals surface area contributed by atoms with Gasteiger partial charge in [0.05, 0.1) is 6.10 Å². The topological polar surface area (TPSA) is 55.6 Å². The second kappa shape index (κ2) is 7.71. The lowest BCUT2D eigenvalue weighted by Crippen LogP contribution is -2.76. The van der Waals surface area contributed by atoms with E-state index in [2.05, 4.69) is 27.7 Å². The van der Waals surface area contributed by atoms with Gasteiger partial charge in [0.15, 0.2) is 0 Å². The number of hydrogen-bond acceptors (Lipinski definition) is 3. The molecule has 2 fully saturated rings. The SMILES string of the molecule is CCOC1CC(N)(C(=O)N2CCCC(CC(C)C)C2)C1(C)C.Cl. The van der Waals surface area contributed by atoms with E-state index in [-0.39, 0.29) is 29.8 Å². The molecule has 1 heterocycles. The molecule has 0 spiro atoms. The van der Waals surface area contributed by atoms with Gasteiger partial charge in [0.25, 0.3) is 0 Å². The Labute approximate surface area is 147 Å². The highest BCUT2D eigenvalue weighted by molar-refractivity contribution is 5.89. The average molecular weight is 347 g/mol. The van der Waals surface area contributed by atoms with Crippen molar-refractivity contribution in [2.24, 2.45) is 23.0 Å². The van der Waals surface area contributed by atoms with E-state index >= 15 is 0 Å². The van der Waals surface area contributed by atoms with Gasteiger partial charge in [-0.15, -0.1) is 12.4 Å². The van der Waals surface area contributed by atoms with Crippen LogP contribution in [0.2, 0.25) is 0 Å². The molecule has 1 saturated heterocycles. The number of carbonyl (C=O) groups excluding carboxylic acids is 1. The fraction of sp³-hybridized carbons (Fsp3) is 0.944. The molecule has 136 valence electrons. The van der Waals surface area contributed by atoms with Gasteiger partial charge in [-0.2, -0.15) is 0 Å². The number of nitrogens with zero attached hydrogens (tertiary/aromatic N) is 1. The summed E-state index contributed by atoms with van der Waals surface area (Å²) >= 11 is 0. The van der Waals surface area contributed by atoms with Gasteiger partial charge in [-0.1, -0.05) is 27.7 Å². The van der Waals surface area contributed by atoms with Crippen LogP contribution < -0.4 is 5.73 Å². The summed E-state index contributed by atoms with van der Waals surface area (Å²) in [6, 6.07) is 0. The molecule has 2 N–H and O–H groups in total. The first-order chi connectivity index (χ1) is 10.2. The van der Waals surface area contributed by atoms with Crippen molar-refractivity contribution in [3.05, 3.63) is 0 Å². The molecular weight excluding hydrogens is 312 g/mol. The molecule has 2 rings (SSSR count). The van der Waals surface area contributed by atoms with Gasteiger partial charge >= 0.3 is 0 Å². The number of carbonyl (C=O) groups is 1. The predicted molar refractivity (Wildman–Crippen MR) is 96.7 cm³/mol. The number of nitrogens with two attached hydrogens (primary N) is 1. The van der Waals surface area contributed by atoms with Crippen LogP contribution >= 0.6 is 12.4 Å². The minimum absolute atomic E-state index is 0. The molecule has 23 heavy (non-hydrogen) atoms. The zero-order valence-electron chi connectivity index (χ0n) is 15.4. The van der Waals surface area contributed by atoms with Gasteiger partial charge in [0.1, 0.15) is 5.54 Å². The second-order valence-electron chi connectivity index (χ2n) is 8.23. The Balaban J connectivity index is 0.00000264. The van der Waals surface area contributed by atoms with Crippen molar-refractivity contribution in [2.45, 2.75) is 71.9 Å². The highest BCUT2D eigenvalue weighted by Crippen LogP contribution is 2.50. The van der Waals surface area contributed by atoms with Gasteiger partial charge in [-0.05, 0) is 38.0 Å². The van der Waals surface area contributed by atoms with E-state index in [0.717, 1.165) is 19.5 Å². The highest BCUT2D eigenvalue weighted by atomic mass is 35.5. The van der Waals surface area contributed by atoms with Crippen LogP contribution in [0, 0.1) is 17.3 Å². The minimum Gasteiger partial charge on any atom is -0.378 e. The van der Waals surface area contributed by atoms with Crippen LogP contribution in [0.15, 0.2) is 0 Å². The maximum absolute atomic E-state index is 13.0. The molecule has 0 aromatic carbocycles. The van der Waals surface area contributed by atoms with Crippen molar-refractivity contribution in [3.63, 3.8) is 0 Å². The Morgan fingerprint density at radius 1 is 1.39 bits per heavy atom. The van der Waals surface area contributed by atoms with Crippen LogP contribution in [-0.2, 0) is 9.53 Å². The first kappa shape index (κ1) is 20.7. The van der Waals surface area contributed by atoms with Crippen LogP contribution in [-0.4, -0.2) is 42.1 Å². The van der Waals surface area contributed by atoms with Gasteiger partial charge < -0.3 is 15.4 Å². The van der Waals surface area contributed by atoms with Gasteiger partial charge in [0.2, 0.25) is 5.91 Å². The van der Waals surface area contributed by atoms with Crippen molar-refractivity contribution >= 4 is 18.3 Å². The molecule has 1 aliphatic carbocycles. The summed E-state index contributed by atoms with van der Waals surface area (Å²) in [7, 11) is 0. The average Bonchev–Trinajstić information content (AvgIpc) is 2.45. The maximum atomic E-state index is 13.0. The van der Waals surface area contributed by atoms with Gasteiger partial charge in [0, 0.05) is 31.5 Å². The molecule has 1 saturated carbocycles. The molecule has 3 atom stereocenters. The van der Waals surface area contributed by atoms with Crippen molar-refractivity contribution in [1.82, 2.24) is 4.90 Å². The number of rotatable bonds is 5. The summed E-state index contributed by atoms with van der Waals surface area (Å²) in [5.41, 5.74) is 5.51. The molecule has 0 aromatic rings. The Kier molecular flexibility index (Phi) is 6.95. The normalized spacial score (nSPS) is 33.1. The lowest BCUT2D eigenvalue weighted by molar-refractivity contribution is -0.180. The van der Waals surface area contributed by atoms with Gasteiger partial charge in [-0.3, -0.25) is 4.79 Å². The number of piperidine rings is 1. The van der Waals surface area contributed by atoms with E-state index in [1.54, 1.807) is 0 Å². The van der Waals surface area contributed by atoms with Crippen LogP contribution in [0.3, 0.4) is 0 Å². The quantitative estimate of drug-likeness (QED) is 0.831. The molecule has 3 unspecified atom stereocenters. The smallest absolute Gasteiger partial charge is 0.243 e. The second-order valence-corrected chi connectivity index (χ2v) is 8.23. The summed E-state index contributed by atoms with van der Waals surface area (Å²) in [4.78, 5) is 15.1. The maximum Gasteiger partial charge on any atom is 0.243 e. The third-order valence-electron chi connectivity index (χ3n) is 5.82. The Bertz CT molecular complexity index is 414. The molecule has 2 aliphatic rings. The van der Waals surface area contributed by atoms with Crippen LogP contribution in [0.5, 0.6) is 0 Å². The first-order valence-corrected chi connectivity index (χ1v) is 8.92. The summed E-state index contributed by atoms with van der Waals surface area (Å²) in [5.74, 6) is 1.46. The van der Waals surface area contributed by atoms with Gasteiger partial charge in [-0.25, -0.2) is 0 Å². The molecule has 1 aliphatic heterocycles. The third-order valence-corrected chi connectivity index (χ3v) is 5.82. The molecule has 0 aromatic heterocycles. The molecular formula is C18H35ClN2O2. The zero-order chi connectivity index (χ0) is 16.5. The van der Waals surface area contributed by atoms with Crippen LogP contribution in [0.25, 0.3) is 0 Å². The Morgan fingerprint density at radius 2 is 2.04 bits per heavy atom. The van der Waals surface area contributed by atoms with E-state index in [1.807, 2.05) is 11.8 Å². The van der Waals surface area contributed by atoms with Crippen LogP contribution in [0.4, 0.5) is 0 Å². The Morgan fingerprint density at radius 3 is 2.57 bits per heavy atom. The third kappa shape index (κ3) is 3.85. The van der Waals surface area contributed by atoms with E-state index in [9.17, 15) is 4.79 Å². The monoisotopic (exact) mass is 346 g/mol. The summed E-state index contributed by atoms with van der Waals surface area (Å²) in [5, 5.41) is 0. The molecule has 5 heteroatoms. The van der Waals surface area contributed by atoms with Crippen molar-refractivity contribution in [2.75, 3.05) is 19.7 Å². The van der Waals surface area contributed by atoms with E-state index in [1.165, 1.54) is 12.8 Å². The number of likely N-dealkylation sites (tertiary alicyclic amines) is 1. The minimum atomic E-state index is -0.757. The largest absolute Gasteiger partial charge is 0.378 e. The summed E-state index contributed by atoms with van der Waals surface area (Å²) < 4.78 is 5.75. The number of hydrogen-bond donors (Lipinski definition) is 1. The fourth-order valence-electron chi connectivity index (χ4n) is 4.19. The number of ether oxygens (including phenoxy) is 1. The lowest BCUT2D eigenvalue weighted by atomic mass is 9.54. The Hall–Kier alpha value is -0.320. The number of halogens is 1.